The lowest BCUT2D eigenvalue weighted by Gasteiger charge is -2.18. The molecule has 0 radical (unpaired) electrons. The quantitative estimate of drug-likeness (QED) is 0.818. The summed E-state index contributed by atoms with van der Waals surface area (Å²) < 4.78 is 27.9. The number of benzene rings is 2. The molecule has 1 saturated heterocycles. The first-order valence-electron chi connectivity index (χ1n) is 7.47. The molecular formula is C18H20O5. The summed E-state index contributed by atoms with van der Waals surface area (Å²) in [6.45, 7) is 1.59. The fraction of sp³-hybridized carbons (Fsp3) is 0.333. The lowest BCUT2D eigenvalue weighted by atomic mass is 10.1. The molecule has 0 aliphatic carbocycles. The van der Waals surface area contributed by atoms with Crippen LogP contribution in [0, 0.1) is 0 Å². The van der Waals surface area contributed by atoms with Gasteiger partial charge in [0, 0.05) is 6.07 Å². The maximum absolute atomic E-state index is 5.98. The predicted octanol–water partition coefficient (Wildman–Crippen LogP) is 3.33. The molecular weight excluding hydrogens is 296 g/mol. The molecule has 1 heterocycles. The molecule has 1 aliphatic rings. The molecule has 1 aliphatic heterocycles. The Balaban J connectivity index is 1.89. The fourth-order valence-electron chi connectivity index (χ4n) is 2.46. The molecule has 0 amide bonds. The van der Waals surface area contributed by atoms with Crippen molar-refractivity contribution in [3.63, 3.8) is 0 Å². The molecule has 0 N–H and O–H groups in total. The topological polar surface area (TPSA) is 46.2 Å². The Hall–Kier alpha value is -2.24. The predicted molar refractivity (Wildman–Crippen MR) is 85.0 cm³/mol. The second-order valence-corrected chi connectivity index (χ2v) is 5.09. The van der Waals surface area contributed by atoms with Gasteiger partial charge in [-0.25, -0.2) is 0 Å². The van der Waals surface area contributed by atoms with Gasteiger partial charge in [0.15, 0.2) is 17.8 Å². The van der Waals surface area contributed by atoms with Crippen molar-refractivity contribution in [2.24, 2.45) is 0 Å². The van der Waals surface area contributed by atoms with E-state index in [0.29, 0.717) is 37.1 Å². The highest BCUT2D eigenvalue weighted by molar-refractivity contribution is 5.51. The molecule has 5 nitrogen and oxygen atoms in total. The smallest absolute Gasteiger partial charge is 0.187 e. The molecule has 0 unspecified atom stereocenters. The zero-order valence-electron chi connectivity index (χ0n) is 13.3. The van der Waals surface area contributed by atoms with Crippen LogP contribution in [0.4, 0.5) is 0 Å². The van der Waals surface area contributed by atoms with Crippen LogP contribution in [0.5, 0.6) is 17.2 Å². The zero-order chi connectivity index (χ0) is 16.1. The van der Waals surface area contributed by atoms with Gasteiger partial charge in [-0.2, -0.15) is 0 Å². The number of hydrogen-bond acceptors (Lipinski definition) is 5. The maximum Gasteiger partial charge on any atom is 0.187 e. The first-order valence-corrected chi connectivity index (χ1v) is 7.47. The van der Waals surface area contributed by atoms with Gasteiger partial charge in [0.1, 0.15) is 12.4 Å². The second kappa shape index (κ2) is 7.35. The molecule has 0 atom stereocenters. The molecule has 23 heavy (non-hydrogen) atoms. The van der Waals surface area contributed by atoms with Crippen molar-refractivity contribution in [1.82, 2.24) is 0 Å². The van der Waals surface area contributed by atoms with E-state index < -0.39 is 6.29 Å². The van der Waals surface area contributed by atoms with Gasteiger partial charge >= 0.3 is 0 Å². The molecule has 0 aromatic heterocycles. The summed E-state index contributed by atoms with van der Waals surface area (Å²) >= 11 is 0. The Labute approximate surface area is 135 Å². The fourth-order valence-corrected chi connectivity index (χ4v) is 2.46. The van der Waals surface area contributed by atoms with Crippen LogP contribution >= 0.6 is 0 Å². The summed E-state index contributed by atoms with van der Waals surface area (Å²) in [5.41, 5.74) is 1.89. The molecule has 0 bridgehead atoms. The zero-order valence-corrected chi connectivity index (χ0v) is 13.3. The van der Waals surface area contributed by atoms with Crippen LogP contribution in [0.3, 0.4) is 0 Å². The maximum atomic E-state index is 5.98. The van der Waals surface area contributed by atoms with E-state index in [1.165, 1.54) is 0 Å². The van der Waals surface area contributed by atoms with Gasteiger partial charge in [-0.15, -0.1) is 0 Å². The van der Waals surface area contributed by atoms with Crippen molar-refractivity contribution < 1.29 is 23.7 Å². The van der Waals surface area contributed by atoms with Crippen molar-refractivity contribution in [3.05, 3.63) is 53.6 Å². The Kier molecular flexibility index (Phi) is 5.00. The van der Waals surface area contributed by atoms with Gasteiger partial charge in [-0.1, -0.05) is 30.3 Å². The molecule has 5 heteroatoms. The summed E-state index contributed by atoms with van der Waals surface area (Å²) in [5, 5.41) is 0. The van der Waals surface area contributed by atoms with E-state index in [4.69, 9.17) is 23.7 Å². The highest BCUT2D eigenvalue weighted by atomic mass is 16.7. The average Bonchev–Trinajstić information content (AvgIpc) is 3.14. The Morgan fingerprint density at radius 1 is 0.913 bits per heavy atom. The summed E-state index contributed by atoms with van der Waals surface area (Å²) in [5.74, 6) is 1.89. The first kappa shape index (κ1) is 15.6. The van der Waals surface area contributed by atoms with Crippen LogP contribution < -0.4 is 14.2 Å². The molecule has 3 rings (SSSR count). The normalized spacial score (nSPS) is 14.7. The van der Waals surface area contributed by atoms with Crippen molar-refractivity contribution >= 4 is 0 Å². The van der Waals surface area contributed by atoms with E-state index in [0.717, 1.165) is 11.1 Å². The van der Waals surface area contributed by atoms with Gasteiger partial charge in [0.2, 0.25) is 0 Å². The van der Waals surface area contributed by atoms with Gasteiger partial charge in [0.25, 0.3) is 0 Å². The van der Waals surface area contributed by atoms with Gasteiger partial charge in [-0.05, 0) is 11.6 Å². The molecule has 0 spiro atoms. The molecule has 122 valence electrons. The lowest BCUT2D eigenvalue weighted by Crippen LogP contribution is -2.05. The summed E-state index contributed by atoms with van der Waals surface area (Å²) in [6, 6.07) is 13.6. The van der Waals surface area contributed by atoms with Gasteiger partial charge in [-0.3, -0.25) is 0 Å². The van der Waals surface area contributed by atoms with E-state index in [1.54, 1.807) is 14.2 Å². The standard InChI is InChI=1S/C18H20O5/c1-19-16-10-14(18-21-8-9-22-18)15(11-17(16)20-2)23-12-13-6-4-3-5-7-13/h3-7,10-11,18H,8-9,12H2,1-2H3. The third-order valence-corrected chi connectivity index (χ3v) is 3.63. The summed E-state index contributed by atoms with van der Waals surface area (Å²) in [6.07, 6.45) is -0.444. The first-order chi connectivity index (χ1) is 11.3. The monoisotopic (exact) mass is 316 g/mol. The van der Waals surface area contributed by atoms with Crippen molar-refractivity contribution in [1.29, 1.82) is 0 Å². The van der Waals surface area contributed by atoms with Gasteiger partial charge < -0.3 is 23.7 Å². The van der Waals surface area contributed by atoms with Crippen LogP contribution in [0.25, 0.3) is 0 Å². The highest BCUT2D eigenvalue weighted by Crippen LogP contribution is 2.40. The summed E-state index contributed by atoms with van der Waals surface area (Å²) in [4.78, 5) is 0. The Morgan fingerprint density at radius 2 is 1.57 bits per heavy atom. The van der Waals surface area contributed by atoms with Crippen molar-refractivity contribution in [2.75, 3.05) is 27.4 Å². The molecule has 2 aromatic carbocycles. The van der Waals surface area contributed by atoms with Gasteiger partial charge in [0.05, 0.1) is 33.0 Å². The minimum absolute atomic E-state index is 0.444. The number of ether oxygens (including phenoxy) is 5. The Bertz CT molecular complexity index is 635. The SMILES string of the molecule is COc1cc(OCc2ccccc2)c(C2OCCO2)cc1OC. The number of rotatable bonds is 6. The molecule has 0 saturated carbocycles. The summed E-state index contributed by atoms with van der Waals surface area (Å²) in [7, 11) is 3.20. The largest absolute Gasteiger partial charge is 0.493 e. The minimum Gasteiger partial charge on any atom is -0.493 e. The van der Waals surface area contributed by atoms with E-state index in [9.17, 15) is 0 Å². The van der Waals surface area contributed by atoms with E-state index in [1.807, 2.05) is 42.5 Å². The third-order valence-electron chi connectivity index (χ3n) is 3.63. The van der Waals surface area contributed by atoms with Crippen LogP contribution in [0.2, 0.25) is 0 Å². The minimum atomic E-state index is -0.444. The molecule has 1 fully saturated rings. The van der Waals surface area contributed by atoms with Crippen molar-refractivity contribution in [3.8, 4) is 17.2 Å². The third kappa shape index (κ3) is 3.57. The van der Waals surface area contributed by atoms with Crippen LogP contribution in [0.15, 0.2) is 42.5 Å². The highest BCUT2D eigenvalue weighted by Gasteiger charge is 2.25. The lowest BCUT2D eigenvalue weighted by molar-refractivity contribution is -0.0460. The second-order valence-electron chi connectivity index (χ2n) is 5.09. The number of methoxy groups -OCH3 is 2. The van der Waals surface area contributed by atoms with E-state index in [2.05, 4.69) is 0 Å². The van der Waals surface area contributed by atoms with Crippen LogP contribution in [-0.2, 0) is 16.1 Å². The molecule has 2 aromatic rings. The van der Waals surface area contributed by atoms with E-state index in [-0.39, 0.29) is 0 Å². The number of hydrogen-bond donors (Lipinski definition) is 0. The van der Waals surface area contributed by atoms with E-state index >= 15 is 0 Å². The average molecular weight is 316 g/mol. The van der Waals surface area contributed by atoms with Crippen molar-refractivity contribution in [2.45, 2.75) is 12.9 Å². The van der Waals surface area contributed by atoms with Crippen LogP contribution in [0.1, 0.15) is 17.4 Å². The Morgan fingerprint density at radius 3 is 2.22 bits per heavy atom. The van der Waals surface area contributed by atoms with Crippen LogP contribution in [-0.4, -0.2) is 27.4 Å².